The van der Waals surface area contributed by atoms with E-state index in [1.54, 1.807) is 30.5 Å². The Morgan fingerprint density at radius 1 is 1.11 bits per heavy atom. The van der Waals surface area contributed by atoms with E-state index in [4.69, 9.17) is 16.7 Å². The number of halogens is 1. The first kappa shape index (κ1) is 18.7. The molecule has 2 aromatic carbocycles. The van der Waals surface area contributed by atoms with Crippen molar-refractivity contribution < 1.29 is 15.0 Å². The lowest BCUT2D eigenvalue weighted by atomic mass is 10.1. The summed E-state index contributed by atoms with van der Waals surface area (Å²) in [5.74, 6) is -0.922. The molecule has 138 valence electrons. The maximum absolute atomic E-state index is 11.2. The molecule has 0 spiro atoms. The lowest BCUT2D eigenvalue weighted by Gasteiger charge is -2.13. The predicted molar refractivity (Wildman–Crippen MR) is 107 cm³/mol. The second-order valence-corrected chi connectivity index (χ2v) is 6.80. The molecule has 0 radical (unpaired) electrons. The number of aliphatic imine (C=N–C) groups is 1. The van der Waals surface area contributed by atoms with Gasteiger partial charge in [-0.1, -0.05) is 11.6 Å². The van der Waals surface area contributed by atoms with Gasteiger partial charge in [-0.15, -0.1) is 0 Å². The van der Waals surface area contributed by atoms with Crippen molar-refractivity contribution in [2.45, 2.75) is 20.8 Å². The number of hydrogen-bond acceptors (Lipinski definition) is 3. The summed E-state index contributed by atoms with van der Waals surface area (Å²) in [7, 11) is 0. The number of hydrogen-bond donors (Lipinski definition) is 2. The minimum absolute atomic E-state index is 0.0210. The fourth-order valence-corrected chi connectivity index (χ4v) is 3.24. The Bertz CT molecular complexity index is 1070. The van der Waals surface area contributed by atoms with E-state index in [2.05, 4.69) is 9.56 Å². The van der Waals surface area contributed by atoms with Crippen molar-refractivity contribution in [3.05, 3.63) is 75.6 Å². The molecule has 0 bridgehead atoms. The highest BCUT2D eigenvalue weighted by molar-refractivity contribution is 6.30. The molecule has 0 aliphatic rings. The SMILES string of the molecule is Cc1cc(C(=O)O)ccc1-n1c(C)cc(C=Nc2ccc(Cl)cc2O)c1C. The Morgan fingerprint density at radius 2 is 1.85 bits per heavy atom. The number of phenols is 1. The van der Waals surface area contributed by atoms with Crippen LogP contribution in [0.5, 0.6) is 5.75 Å². The lowest BCUT2D eigenvalue weighted by molar-refractivity contribution is 0.0697. The number of rotatable bonds is 4. The van der Waals surface area contributed by atoms with Gasteiger partial charge >= 0.3 is 5.97 Å². The standard InChI is InChI=1S/C21H19ClN2O3/c1-12-8-15(21(26)27)4-7-19(12)24-13(2)9-16(14(24)3)11-23-18-6-5-17(22)10-20(18)25/h4-11,25H,1-3H3,(H,26,27). The third-order valence-corrected chi connectivity index (χ3v) is 4.67. The molecule has 0 aliphatic heterocycles. The highest BCUT2D eigenvalue weighted by Crippen LogP contribution is 2.30. The van der Waals surface area contributed by atoms with Crippen LogP contribution < -0.4 is 0 Å². The number of aromatic nitrogens is 1. The first-order valence-corrected chi connectivity index (χ1v) is 8.71. The van der Waals surface area contributed by atoms with E-state index in [1.165, 1.54) is 6.07 Å². The van der Waals surface area contributed by atoms with Crippen LogP contribution in [0.2, 0.25) is 5.02 Å². The molecule has 0 saturated heterocycles. The number of benzene rings is 2. The third kappa shape index (κ3) is 3.73. The van der Waals surface area contributed by atoms with E-state index < -0.39 is 5.97 Å². The van der Waals surface area contributed by atoms with Crippen LogP contribution in [-0.4, -0.2) is 27.0 Å². The molecule has 27 heavy (non-hydrogen) atoms. The Balaban J connectivity index is 2.00. The highest BCUT2D eigenvalue weighted by Gasteiger charge is 2.13. The summed E-state index contributed by atoms with van der Waals surface area (Å²) < 4.78 is 2.06. The van der Waals surface area contributed by atoms with E-state index in [-0.39, 0.29) is 11.3 Å². The number of carboxylic acid groups (broad SMARTS) is 1. The summed E-state index contributed by atoms with van der Waals surface area (Å²) in [4.78, 5) is 15.5. The summed E-state index contributed by atoms with van der Waals surface area (Å²) in [6, 6.07) is 11.8. The average Bonchev–Trinajstić information content (AvgIpc) is 2.88. The van der Waals surface area contributed by atoms with Crippen LogP contribution in [0.15, 0.2) is 47.5 Å². The largest absolute Gasteiger partial charge is 0.506 e. The van der Waals surface area contributed by atoms with Crippen molar-refractivity contribution in [1.29, 1.82) is 0 Å². The zero-order valence-corrected chi connectivity index (χ0v) is 15.9. The van der Waals surface area contributed by atoms with Crippen LogP contribution in [0.1, 0.15) is 32.9 Å². The lowest BCUT2D eigenvalue weighted by Crippen LogP contribution is -2.04. The van der Waals surface area contributed by atoms with Gasteiger partial charge in [0.25, 0.3) is 0 Å². The highest BCUT2D eigenvalue weighted by atomic mass is 35.5. The van der Waals surface area contributed by atoms with Gasteiger partial charge in [0.15, 0.2) is 0 Å². The third-order valence-electron chi connectivity index (χ3n) is 4.44. The second-order valence-electron chi connectivity index (χ2n) is 6.36. The van der Waals surface area contributed by atoms with Gasteiger partial charge < -0.3 is 14.8 Å². The number of phenolic OH excluding ortho intramolecular Hbond substituents is 1. The van der Waals surface area contributed by atoms with Crippen molar-refractivity contribution in [2.24, 2.45) is 4.99 Å². The normalized spacial score (nSPS) is 11.3. The molecule has 6 heteroatoms. The maximum atomic E-state index is 11.2. The first-order chi connectivity index (χ1) is 12.8. The number of aromatic carboxylic acids is 1. The Morgan fingerprint density at radius 3 is 2.48 bits per heavy atom. The van der Waals surface area contributed by atoms with Crippen LogP contribution >= 0.6 is 11.6 Å². The molecule has 1 heterocycles. The number of nitrogens with zero attached hydrogens (tertiary/aromatic N) is 2. The van der Waals surface area contributed by atoms with Gasteiger partial charge in [0.1, 0.15) is 11.4 Å². The summed E-state index contributed by atoms with van der Waals surface area (Å²) in [5, 5.41) is 19.5. The summed E-state index contributed by atoms with van der Waals surface area (Å²) in [6.45, 7) is 5.84. The van der Waals surface area contributed by atoms with Crippen LogP contribution in [0.4, 0.5) is 5.69 Å². The second kappa shape index (κ2) is 7.29. The molecule has 0 unspecified atom stereocenters. The van der Waals surface area contributed by atoms with E-state index in [0.29, 0.717) is 10.7 Å². The van der Waals surface area contributed by atoms with Crippen molar-refractivity contribution in [3.63, 3.8) is 0 Å². The summed E-state index contributed by atoms with van der Waals surface area (Å²) >= 11 is 5.84. The van der Waals surface area contributed by atoms with Gasteiger partial charge in [-0.2, -0.15) is 0 Å². The molecular formula is C21H19ClN2O3. The molecule has 2 N–H and O–H groups in total. The number of aromatic hydroxyl groups is 1. The Labute approximate surface area is 162 Å². The molecule has 0 saturated carbocycles. The molecule has 5 nitrogen and oxygen atoms in total. The predicted octanol–water partition coefficient (Wildman–Crippen LogP) is 5.21. The van der Waals surface area contributed by atoms with E-state index >= 15 is 0 Å². The van der Waals surface area contributed by atoms with Gasteiger partial charge in [0.05, 0.1) is 5.56 Å². The van der Waals surface area contributed by atoms with Gasteiger partial charge in [-0.25, -0.2) is 4.79 Å². The summed E-state index contributed by atoms with van der Waals surface area (Å²) in [5.41, 5.74) is 5.37. The zero-order valence-electron chi connectivity index (χ0n) is 15.2. The smallest absolute Gasteiger partial charge is 0.335 e. The maximum Gasteiger partial charge on any atom is 0.335 e. The monoisotopic (exact) mass is 382 g/mol. The van der Waals surface area contributed by atoms with Gasteiger partial charge in [0.2, 0.25) is 0 Å². The van der Waals surface area contributed by atoms with Gasteiger partial charge in [-0.3, -0.25) is 4.99 Å². The molecule has 0 aliphatic carbocycles. The molecule has 0 atom stereocenters. The fraction of sp³-hybridized carbons (Fsp3) is 0.143. The fourth-order valence-electron chi connectivity index (χ4n) is 3.07. The molecule has 3 rings (SSSR count). The average molecular weight is 383 g/mol. The van der Waals surface area contributed by atoms with E-state index in [0.717, 1.165) is 28.2 Å². The number of carbonyl (C=O) groups is 1. The van der Waals surface area contributed by atoms with Crippen molar-refractivity contribution in [1.82, 2.24) is 4.57 Å². The Kier molecular flexibility index (Phi) is 5.06. The quantitative estimate of drug-likeness (QED) is 0.608. The molecule has 3 aromatic rings. The summed E-state index contributed by atoms with van der Waals surface area (Å²) in [6.07, 6.45) is 1.70. The van der Waals surface area contributed by atoms with Crippen molar-refractivity contribution >= 4 is 29.5 Å². The van der Waals surface area contributed by atoms with E-state index in [1.807, 2.05) is 32.9 Å². The first-order valence-electron chi connectivity index (χ1n) is 8.34. The number of carboxylic acids is 1. The van der Waals surface area contributed by atoms with Crippen molar-refractivity contribution in [3.8, 4) is 11.4 Å². The van der Waals surface area contributed by atoms with E-state index in [9.17, 15) is 9.90 Å². The van der Waals surface area contributed by atoms with Gasteiger partial charge in [0, 0.05) is 39.9 Å². The van der Waals surface area contributed by atoms with Crippen LogP contribution in [-0.2, 0) is 0 Å². The topological polar surface area (TPSA) is 74.8 Å². The van der Waals surface area contributed by atoms with Gasteiger partial charge in [-0.05, 0) is 62.7 Å². The number of aryl methyl sites for hydroxylation is 2. The molecule has 0 fully saturated rings. The Hall–Kier alpha value is -3.05. The minimum atomic E-state index is -0.943. The van der Waals surface area contributed by atoms with Crippen molar-refractivity contribution in [2.75, 3.05) is 0 Å². The van der Waals surface area contributed by atoms with Crippen LogP contribution in [0, 0.1) is 20.8 Å². The molecule has 0 amide bonds. The van der Waals surface area contributed by atoms with Crippen LogP contribution in [0.3, 0.4) is 0 Å². The molecule has 1 aromatic heterocycles. The minimum Gasteiger partial charge on any atom is -0.506 e. The zero-order chi connectivity index (χ0) is 19.7. The molecular weight excluding hydrogens is 364 g/mol. The van der Waals surface area contributed by atoms with Crippen LogP contribution in [0.25, 0.3) is 5.69 Å².